The summed E-state index contributed by atoms with van der Waals surface area (Å²) in [6, 6.07) is 4.43. The van der Waals surface area contributed by atoms with E-state index in [1.807, 2.05) is 19.9 Å². The molecule has 0 saturated carbocycles. The second-order valence-corrected chi connectivity index (χ2v) is 4.84. The van der Waals surface area contributed by atoms with Crippen molar-refractivity contribution in [2.24, 2.45) is 7.05 Å². The Morgan fingerprint density at radius 1 is 1.35 bits per heavy atom. The number of hydrogen-bond acceptors (Lipinski definition) is 4. The number of pyridine rings is 1. The van der Waals surface area contributed by atoms with Gasteiger partial charge < -0.3 is 19.5 Å². The first kappa shape index (κ1) is 14.0. The molecule has 1 aromatic carbocycles. The van der Waals surface area contributed by atoms with E-state index in [0.29, 0.717) is 10.9 Å². The number of ether oxygens (including phenoxy) is 1. The lowest BCUT2D eigenvalue weighted by molar-refractivity contribution is 0.330. The fraction of sp³-hybridized carbons (Fsp3) is 0.267. The first-order chi connectivity index (χ1) is 9.41. The third-order valence-corrected chi connectivity index (χ3v) is 3.03. The van der Waals surface area contributed by atoms with Gasteiger partial charge in [0.15, 0.2) is 5.75 Å². The molecule has 0 saturated heterocycles. The van der Waals surface area contributed by atoms with Crippen molar-refractivity contribution in [1.29, 1.82) is 0 Å². The van der Waals surface area contributed by atoms with Gasteiger partial charge in [-0.1, -0.05) is 5.57 Å². The summed E-state index contributed by atoms with van der Waals surface area (Å²) in [5.41, 5.74) is 1.07. The van der Waals surface area contributed by atoms with Crippen molar-refractivity contribution in [2.45, 2.75) is 13.8 Å². The Balaban J connectivity index is 2.59. The van der Waals surface area contributed by atoms with E-state index in [4.69, 9.17) is 4.74 Å². The maximum absolute atomic E-state index is 12.2. The summed E-state index contributed by atoms with van der Waals surface area (Å²) >= 11 is 0. The van der Waals surface area contributed by atoms with Crippen molar-refractivity contribution in [3.05, 3.63) is 40.2 Å². The minimum atomic E-state index is -0.442. The van der Waals surface area contributed by atoms with E-state index in [9.17, 15) is 15.0 Å². The van der Waals surface area contributed by atoms with Gasteiger partial charge >= 0.3 is 0 Å². The largest absolute Gasteiger partial charge is 0.508 e. The molecule has 0 spiro atoms. The fourth-order valence-electron chi connectivity index (χ4n) is 1.90. The Morgan fingerprint density at radius 2 is 2.05 bits per heavy atom. The second kappa shape index (κ2) is 5.28. The van der Waals surface area contributed by atoms with Crippen molar-refractivity contribution in [2.75, 3.05) is 6.61 Å². The van der Waals surface area contributed by atoms with Gasteiger partial charge in [-0.15, -0.1) is 0 Å². The van der Waals surface area contributed by atoms with E-state index in [1.165, 1.54) is 16.7 Å². The highest BCUT2D eigenvalue weighted by Gasteiger charge is 2.15. The predicted molar refractivity (Wildman–Crippen MR) is 77.4 cm³/mol. The smallest absolute Gasteiger partial charge is 0.297 e. The van der Waals surface area contributed by atoms with Crippen LogP contribution in [-0.4, -0.2) is 21.4 Å². The summed E-state index contributed by atoms with van der Waals surface area (Å²) in [5.74, 6) is -0.251. The quantitative estimate of drug-likeness (QED) is 0.843. The van der Waals surface area contributed by atoms with E-state index in [-0.39, 0.29) is 23.9 Å². The van der Waals surface area contributed by atoms with Crippen molar-refractivity contribution in [3.8, 4) is 17.2 Å². The molecule has 0 radical (unpaired) electrons. The zero-order chi connectivity index (χ0) is 14.9. The lowest BCUT2D eigenvalue weighted by Gasteiger charge is -2.12. The third kappa shape index (κ3) is 2.47. The molecule has 0 bridgehead atoms. The standard InChI is InChI=1S/C15H17NO4/c1-9(2)6-7-20-14-13(18)11-5-4-10(17)8-12(11)16(3)15(14)19/h4-6,8,17-18H,7H2,1-3H3. The van der Waals surface area contributed by atoms with Crippen molar-refractivity contribution in [1.82, 2.24) is 4.57 Å². The number of phenols is 1. The SMILES string of the molecule is CC(C)=CCOc1c(O)c2ccc(O)cc2n(C)c1=O. The van der Waals surface area contributed by atoms with Gasteiger partial charge in [-0.2, -0.15) is 0 Å². The van der Waals surface area contributed by atoms with Crippen LogP contribution in [0.2, 0.25) is 0 Å². The number of rotatable bonds is 3. The van der Waals surface area contributed by atoms with Crippen LogP contribution in [0.25, 0.3) is 10.9 Å². The Hall–Kier alpha value is -2.43. The number of aromatic hydroxyl groups is 2. The maximum Gasteiger partial charge on any atom is 0.297 e. The number of fused-ring (bicyclic) bond motifs is 1. The van der Waals surface area contributed by atoms with Gasteiger partial charge in [0.2, 0.25) is 5.75 Å². The Bertz CT molecular complexity index is 740. The van der Waals surface area contributed by atoms with Gasteiger partial charge in [0.25, 0.3) is 5.56 Å². The number of nitrogens with zero attached hydrogens (tertiary/aromatic N) is 1. The molecule has 0 unspecified atom stereocenters. The van der Waals surface area contributed by atoms with E-state index in [1.54, 1.807) is 13.1 Å². The highest BCUT2D eigenvalue weighted by Crippen LogP contribution is 2.32. The van der Waals surface area contributed by atoms with E-state index in [0.717, 1.165) is 5.57 Å². The summed E-state index contributed by atoms with van der Waals surface area (Å²) in [6.45, 7) is 4.06. The molecule has 0 amide bonds. The van der Waals surface area contributed by atoms with Crippen molar-refractivity contribution >= 4 is 10.9 Å². The van der Waals surface area contributed by atoms with Gasteiger partial charge in [0.1, 0.15) is 12.4 Å². The Kier molecular flexibility index (Phi) is 3.70. The Morgan fingerprint density at radius 3 is 2.70 bits per heavy atom. The first-order valence-electron chi connectivity index (χ1n) is 6.22. The van der Waals surface area contributed by atoms with Crippen molar-refractivity contribution in [3.63, 3.8) is 0 Å². The zero-order valence-electron chi connectivity index (χ0n) is 11.7. The van der Waals surface area contributed by atoms with E-state index < -0.39 is 5.56 Å². The van der Waals surface area contributed by atoms with Gasteiger partial charge in [-0.25, -0.2) is 0 Å². The van der Waals surface area contributed by atoms with Crippen LogP contribution in [0.4, 0.5) is 0 Å². The molecule has 0 atom stereocenters. The van der Waals surface area contributed by atoms with Crippen LogP contribution in [0.15, 0.2) is 34.6 Å². The summed E-state index contributed by atoms with van der Waals surface area (Å²) in [6.07, 6.45) is 1.82. The van der Waals surface area contributed by atoms with Crippen LogP contribution in [0.5, 0.6) is 17.2 Å². The van der Waals surface area contributed by atoms with E-state index in [2.05, 4.69) is 0 Å². The molecule has 0 aliphatic carbocycles. The zero-order valence-corrected chi connectivity index (χ0v) is 11.7. The Labute approximate surface area is 116 Å². The molecule has 106 valence electrons. The molecule has 1 aromatic heterocycles. The lowest BCUT2D eigenvalue weighted by atomic mass is 10.2. The average Bonchev–Trinajstić information content (AvgIpc) is 2.39. The van der Waals surface area contributed by atoms with Gasteiger partial charge in [0, 0.05) is 18.5 Å². The van der Waals surface area contributed by atoms with Crippen molar-refractivity contribution < 1.29 is 14.9 Å². The van der Waals surface area contributed by atoms with Crippen LogP contribution < -0.4 is 10.3 Å². The maximum atomic E-state index is 12.2. The van der Waals surface area contributed by atoms with Gasteiger partial charge in [-0.3, -0.25) is 4.79 Å². The number of allylic oxidation sites excluding steroid dienone is 1. The molecule has 0 fully saturated rings. The highest BCUT2D eigenvalue weighted by molar-refractivity contribution is 5.88. The summed E-state index contributed by atoms with van der Waals surface area (Å²) in [4.78, 5) is 12.2. The van der Waals surface area contributed by atoms with Crippen LogP contribution in [0, 0.1) is 0 Å². The molecule has 2 aromatic rings. The first-order valence-corrected chi connectivity index (χ1v) is 6.22. The number of benzene rings is 1. The molecular formula is C15H17NO4. The summed E-state index contributed by atoms with van der Waals surface area (Å²) < 4.78 is 6.72. The number of aryl methyl sites for hydroxylation is 1. The normalized spacial score (nSPS) is 10.6. The number of hydrogen-bond donors (Lipinski definition) is 2. The predicted octanol–water partition coefficient (Wildman–Crippen LogP) is 2.29. The molecule has 5 heteroatoms. The summed E-state index contributed by atoms with van der Waals surface area (Å²) in [7, 11) is 1.57. The topological polar surface area (TPSA) is 71.7 Å². The minimum Gasteiger partial charge on any atom is -0.508 e. The molecule has 1 heterocycles. The highest BCUT2D eigenvalue weighted by atomic mass is 16.5. The summed E-state index contributed by atoms with van der Waals surface area (Å²) in [5, 5.41) is 20.1. The molecule has 2 rings (SSSR count). The molecule has 0 aliphatic heterocycles. The average molecular weight is 275 g/mol. The molecule has 5 nitrogen and oxygen atoms in total. The fourth-order valence-corrected chi connectivity index (χ4v) is 1.90. The number of phenolic OH excluding ortho intramolecular Hbond substituents is 1. The van der Waals surface area contributed by atoms with Crippen LogP contribution in [-0.2, 0) is 7.05 Å². The van der Waals surface area contributed by atoms with Crippen LogP contribution in [0.1, 0.15) is 13.8 Å². The van der Waals surface area contributed by atoms with Gasteiger partial charge in [-0.05, 0) is 32.1 Å². The molecule has 20 heavy (non-hydrogen) atoms. The molecule has 2 N–H and O–H groups in total. The molecular weight excluding hydrogens is 258 g/mol. The third-order valence-electron chi connectivity index (χ3n) is 3.03. The lowest BCUT2D eigenvalue weighted by Crippen LogP contribution is -2.20. The van der Waals surface area contributed by atoms with Crippen LogP contribution in [0.3, 0.4) is 0 Å². The van der Waals surface area contributed by atoms with E-state index >= 15 is 0 Å². The number of aromatic nitrogens is 1. The monoisotopic (exact) mass is 275 g/mol. The van der Waals surface area contributed by atoms with Gasteiger partial charge in [0.05, 0.1) is 5.52 Å². The second-order valence-electron chi connectivity index (χ2n) is 4.84. The minimum absolute atomic E-state index is 0.0325. The van der Waals surface area contributed by atoms with Crippen LogP contribution >= 0.6 is 0 Å². The molecule has 0 aliphatic rings.